The van der Waals surface area contributed by atoms with Crippen molar-refractivity contribution in [2.24, 2.45) is 4.99 Å². The van der Waals surface area contributed by atoms with Crippen LogP contribution < -0.4 is 0 Å². The molecule has 3 rings (SSSR count). The fourth-order valence-electron chi connectivity index (χ4n) is 2.32. The molecule has 0 N–H and O–H groups in total. The largest absolute Gasteiger partial charge is 0.256 e. The molecule has 1 nitrogen and oxygen atoms in total. The van der Waals surface area contributed by atoms with Gasteiger partial charge in [0, 0.05) is 16.7 Å². The number of thiol groups is 1. The van der Waals surface area contributed by atoms with Gasteiger partial charge in [-0.3, -0.25) is 4.99 Å². The molecule has 22 heavy (non-hydrogen) atoms. The number of rotatable bonds is 3. The van der Waals surface area contributed by atoms with E-state index in [2.05, 4.69) is 80.0 Å². The van der Waals surface area contributed by atoms with Crippen LogP contribution in [0.15, 0.2) is 63.8 Å². The third-order valence-corrected chi connectivity index (χ3v) is 5.03. The Kier molecular flexibility index (Phi) is 4.46. The van der Waals surface area contributed by atoms with Gasteiger partial charge in [-0.1, -0.05) is 48.0 Å². The molecule has 2 aromatic carbocycles. The Balaban J connectivity index is 1.90. The zero-order valence-corrected chi connectivity index (χ0v) is 14.3. The number of aryl methyl sites for hydroxylation is 2. The Labute approximate surface area is 140 Å². The fourth-order valence-corrected chi connectivity index (χ4v) is 3.62. The molecule has 110 valence electrons. The predicted octanol–water partition coefficient (Wildman–Crippen LogP) is 6.07. The third-order valence-electron chi connectivity index (χ3n) is 3.49. The first-order valence-electron chi connectivity index (χ1n) is 7.13. The molecule has 0 unspecified atom stereocenters. The second-order valence-corrected chi connectivity index (χ2v) is 7.09. The lowest BCUT2D eigenvalue weighted by Crippen LogP contribution is -1.80. The van der Waals surface area contributed by atoms with E-state index in [4.69, 9.17) is 0 Å². The summed E-state index contributed by atoms with van der Waals surface area (Å²) in [6, 6.07) is 18.8. The number of hydrogen-bond acceptors (Lipinski definition) is 3. The van der Waals surface area contributed by atoms with Gasteiger partial charge in [-0.2, -0.15) is 0 Å². The number of nitrogens with zero attached hydrogens (tertiary/aromatic N) is 1. The molecule has 0 saturated heterocycles. The molecule has 1 heterocycles. The van der Waals surface area contributed by atoms with Gasteiger partial charge in [-0.05, 0) is 37.1 Å². The van der Waals surface area contributed by atoms with Crippen molar-refractivity contribution in [2.75, 3.05) is 0 Å². The molecule has 0 aliphatic heterocycles. The van der Waals surface area contributed by atoms with E-state index in [0.29, 0.717) is 0 Å². The molecule has 0 fully saturated rings. The first kappa shape index (κ1) is 15.1. The van der Waals surface area contributed by atoms with Crippen molar-refractivity contribution >= 4 is 35.9 Å². The molecular formula is C19H17NS2. The van der Waals surface area contributed by atoms with Gasteiger partial charge in [0.25, 0.3) is 0 Å². The van der Waals surface area contributed by atoms with Crippen LogP contribution >= 0.6 is 24.0 Å². The van der Waals surface area contributed by atoms with Crippen LogP contribution in [0.3, 0.4) is 0 Å². The number of aliphatic imine (C=N–C) groups is 1. The van der Waals surface area contributed by atoms with Crippen LogP contribution in [-0.4, -0.2) is 6.21 Å². The SMILES string of the molecule is Cc1ccc(N=Cc2cc(-c3ccccc3)sc2S)c(C)c1. The predicted molar refractivity (Wildman–Crippen MR) is 100 cm³/mol. The van der Waals surface area contributed by atoms with Crippen molar-refractivity contribution in [1.29, 1.82) is 0 Å². The van der Waals surface area contributed by atoms with Gasteiger partial charge in [0.05, 0.1) is 9.90 Å². The average molecular weight is 323 g/mol. The molecule has 0 aliphatic carbocycles. The fraction of sp³-hybridized carbons (Fsp3) is 0.105. The normalized spacial score (nSPS) is 11.2. The van der Waals surface area contributed by atoms with Gasteiger partial charge >= 0.3 is 0 Å². The lowest BCUT2D eigenvalue weighted by Gasteiger charge is -2.00. The minimum absolute atomic E-state index is 0.993. The molecule has 3 heteroatoms. The highest BCUT2D eigenvalue weighted by Crippen LogP contribution is 2.33. The second-order valence-electron chi connectivity index (χ2n) is 5.29. The lowest BCUT2D eigenvalue weighted by atomic mass is 10.1. The van der Waals surface area contributed by atoms with Gasteiger partial charge in [-0.25, -0.2) is 0 Å². The zero-order valence-electron chi connectivity index (χ0n) is 12.6. The quantitative estimate of drug-likeness (QED) is 0.443. The molecule has 0 bridgehead atoms. The van der Waals surface area contributed by atoms with Crippen LogP contribution in [0.4, 0.5) is 5.69 Å². The summed E-state index contributed by atoms with van der Waals surface area (Å²) in [6.45, 7) is 4.18. The number of thiophene rings is 1. The molecule has 0 aliphatic rings. The highest BCUT2D eigenvalue weighted by Gasteiger charge is 2.06. The summed E-state index contributed by atoms with van der Waals surface area (Å²) >= 11 is 6.27. The maximum Gasteiger partial charge on any atom is 0.0662 e. The summed E-state index contributed by atoms with van der Waals surface area (Å²) in [5.74, 6) is 0. The van der Waals surface area contributed by atoms with Gasteiger partial charge < -0.3 is 0 Å². The highest BCUT2D eigenvalue weighted by atomic mass is 32.2. The zero-order chi connectivity index (χ0) is 15.5. The smallest absolute Gasteiger partial charge is 0.0662 e. The molecule has 0 atom stereocenters. The van der Waals surface area contributed by atoms with Crippen molar-refractivity contribution in [3.63, 3.8) is 0 Å². The van der Waals surface area contributed by atoms with Gasteiger partial charge in [0.1, 0.15) is 0 Å². The Morgan fingerprint density at radius 3 is 2.50 bits per heavy atom. The second kappa shape index (κ2) is 6.51. The van der Waals surface area contributed by atoms with Gasteiger partial charge in [0.15, 0.2) is 0 Å². The number of hydrogen-bond donors (Lipinski definition) is 1. The molecule has 0 amide bonds. The molecular weight excluding hydrogens is 306 g/mol. The van der Waals surface area contributed by atoms with Crippen LogP contribution in [0.2, 0.25) is 0 Å². The molecule has 0 spiro atoms. The minimum Gasteiger partial charge on any atom is -0.256 e. The maximum atomic E-state index is 4.62. The van der Waals surface area contributed by atoms with E-state index in [1.54, 1.807) is 11.3 Å². The van der Waals surface area contributed by atoms with Gasteiger partial charge in [0.2, 0.25) is 0 Å². The van der Waals surface area contributed by atoms with E-state index in [0.717, 1.165) is 15.5 Å². The summed E-state index contributed by atoms with van der Waals surface area (Å²) in [5, 5.41) is 0. The van der Waals surface area contributed by atoms with Crippen molar-refractivity contribution in [3.8, 4) is 10.4 Å². The van der Waals surface area contributed by atoms with Crippen molar-refractivity contribution in [2.45, 2.75) is 18.1 Å². The van der Waals surface area contributed by atoms with E-state index < -0.39 is 0 Å². The summed E-state index contributed by atoms with van der Waals surface area (Å²) in [5.41, 5.74) is 5.73. The van der Waals surface area contributed by atoms with Crippen LogP contribution in [-0.2, 0) is 0 Å². The summed E-state index contributed by atoms with van der Waals surface area (Å²) < 4.78 is 0.993. The molecule has 0 radical (unpaired) electrons. The first-order chi connectivity index (χ1) is 10.6. The Morgan fingerprint density at radius 2 is 1.77 bits per heavy atom. The molecule has 1 aromatic heterocycles. The summed E-state index contributed by atoms with van der Waals surface area (Å²) in [4.78, 5) is 5.83. The summed E-state index contributed by atoms with van der Waals surface area (Å²) in [6.07, 6.45) is 1.91. The van der Waals surface area contributed by atoms with E-state index in [-0.39, 0.29) is 0 Å². The van der Waals surface area contributed by atoms with Crippen LogP contribution in [0, 0.1) is 13.8 Å². The van der Waals surface area contributed by atoms with Crippen molar-refractivity contribution < 1.29 is 0 Å². The third kappa shape index (κ3) is 3.32. The topological polar surface area (TPSA) is 12.4 Å². The van der Waals surface area contributed by atoms with Crippen molar-refractivity contribution in [1.82, 2.24) is 0 Å². The molecule has 0 saturated carbocycles. The standard InChI is InChI=1S/C19H17NS2/c1-13-8-9-17(14(2)10-13)20-12-16-11-18(22-19(16)21)15-6-4-3-5-7-15/h3-12,21H,1-2H3. The Bertz CT molecular complexity index is 817. The maximum absolute atomic E-state index is 4.62. The molecule has 3 aromatic rings. The lowest BCUT2D eigenvalue weighted by molar-refractivity contribution is 1.35. The van der Waals surface area contributed by atoms with E-state index in [1.807, 2.05) is 12.3 Å². The summed E-state index contributed by atoms with van der Waals surface area (Å²) in [7, 11) is 0. The Morgan fingerprint density at radius 1 is 1.00 bits per heavy atom. The van der Waals surface area contributed by atoms with Crippen LogP contribution in [0.1, 0.15) is 16.7 Å². The Hall–Kier alpha value is -1.84. The van der Waals surface area contributed by atoms with Crippen LogP contribution in [0.25, 0.3) is 10.4 Å². The first-order valence-corrected chi connectivity index (χ1v) is 8.39. The number of benzene rings is 2. The highest BCUT2D eigenvalue weighted by molar-refractivity contribution is 7.83. The van der Waals surface area contributed by atoms with E-state index in [1.165, 1.54) is 21.6 Å². The van der Waals surface area contributed by atoms with Crippen LogP contribution in [0.5, 0.6) is 0 Å². The minimum atomic E-state index is 0.993. The van der Waals surface area contributed by atoms with E-state index in [9.17, 15) is 0 Å². The average Bonchev–Trinajstić information content (AvgIpc) is 2.88. The monoisotopic (exact) mass is 323 g/mol. The van der Waals surface area contributed by atoms with Crippen molar-refractivity contribution in [3.05, 3.63) is 71.3 Å². The van der Waals surface area contributed by atoms with Gasteiger partial charge in [-0.15, -0.1) is 24.0 Å². The van der Waals surface area contributed by atoms with E-state index >= 15 is 0 Å².